The summed E-state index contributed by atoms with van der Waals surface area (Å²) in [6.07, 6.45) is 3.53. The maximum absolute atomic E-state index is 12.9. The minimum atomic E-state index is -2.21. The van der Waals surface area contributed by atoms with Gasteiger partial charge in [0.25, 0.3) is 0 Å². The van der Waals surface area contributed by atoms with Crippen molar-refractivity contribution in [1.29, 1.82) is 0 Å². The molecule has 0 radical (unpaired) electrons. The molecule has 0 amide bonds. The standard InChI is InChI=1S/C14H23O2P.C3H6O.C2H6.CH4/c1-5-9-17(15,10-6-2)13-8-7-12(3)14(11-13)16-4;1-3(2)4;1-2;/h7-8,11H,5-6,9-10H2,1-4H3;1-2H3;1-2H3;1H4. The monoisotopic (exact) mass is 358 g/mol. The molecular formula is C20H39O3P. The number of carbonyl (C=O) groups excluding carboxylic acids is 1. The zero-order chi connectivity index (χ0) is 18.5. The van der Waals surface area contributed by atoms with E-state index in [9.17, 15) is 9.36 Å². The lowest BCUT2D eigenvalue weighted by atomic mass is 10.2. The molecule has 0 aromatic heterocycles. The third kappa shape index (κ3) is 10.6. The largest absolute Gasteiger partial charge is 0.496 e. The lowest BCUT2D eigenvalue weighted by molar-refractivity contribution is -0.114. The maximum Gasteiger partial charge on any atom is 0.126 e. The summed E-state index contributed by atoms with van der Waals surface area (Å²) in [6.45, 7) is 13.2. The van der Waals surface area contributed by atoms with E-state index in [1.807, 2.05) is 39.0 Å². The van der Waals surface area contributed by atoms with E-state index in [2.05, 4.69) is 13.8 Å². The van der Waals surface area contributed by atoms with Crippen LogP contribution in [0, 0.1) is 6.92 Å². The predicted molar refractivity (Wildman–Crippen MR) is 110 cm³/mol. The van der Waals surface area contributed by atoms with Crippen molar-refractivity contribution in [3.63, 3.8) is 0 Å². The van der Waals surface area contributed by atoms with Crippen molar-refractivity contribution in [2.45, 2.75) is 68.7 Å². The van der Waals surface area contributed by atoms with Crippen LogP contribution < -0.4 is 10.0 Å². The number of ether oxygens (including phenoxy) is 1. The molecule has 4 heteroatoms. The Balaban J connectivity index is -0.000000551. The molecule has 0 fully saturated rings. The first-order chi connectivity index (χ1) is 10.8. The SMILES string of the molecule is C.CC.CC(C)=O.CCCP(=O)(CCC)c1ccc(C)c(OC)c1. The zero-order valence-corrected chi connectivity index (χ0v) is 17.1. The molecule has 0 saturated heterocycles. The van der Waals surface area contributed by atoms with Crippen molar-refractivity contribution < 1.29 is 14.1 Å². The third-order valence-electron chi connectivity index (χ3n) is 3.03. The van der Waals surface area contributed by atoms with Crippen molar-refractivity contribution >= 4 is 18.2 Å². The average molecular weight is 359 g/mol. The second-order valence-corrected chi connectivity index (χ2v) is 8.59. The number of rotatable bonds is 6. The van der Waals surface area contributed by atoms with Crippen LogP contribution >= 0.6 is 7.14 Å². The molecule has 3 nitrogen and oxygen atoms in total. The van der Waals surface area contributed by atoms with Crippen molar-refractivity contribution in [2.75, 3.05) is 19.4 Å². The second kappa shape index (κ2) is 15.4. The highest BCUT2D eigenvalue weighted by atomic mass is 31.2. The van der Waals surface area contributed by atoms with Crippen LogP contribution in [0.25, 0.3) is 0 Å². The van der Waals surface area contributed by atoms with E-state index in [4.69, 9.17) is 4.74 Å². The van der Waals surface area contributed by atoms with E-state index in [0.29, 0.717) is 0 Å². The summed E-state index contributed by atoms with van der Waals surface area (Å²) in [6, 6.07) is 5.97. The first-order valence-electron chi connectivity index (χ1n) is 8.51. The summed E-state index contributed by atoms with van der Waals surface area (Å²) in [5.74, 6) is 1.01. The fourth-order valence-electron chi connectivity index (χ4n) is 2.15. The van der Waals surface area contributed by atoms with Gasteiger partial charge in [-0.2, -0.15) is 0 Å². The van der Waals surface area contributed by atoms with Crippen molar-refractivity contribution in [3.8, 4) is 5.75 Å². The van der Waals surface area contributed by atoms with Gasteiger partial charge in [0, 0.05) is 17.6 Å². The van der Waals surface area contributed by atoms with Gasteiger partial charge in [0.15, 0.2) is 0 Å². The number of carbonyl (C=O) groups is 1. The summed E-state index contributed by atoms with van der Waals surface area (Å²) in [5, 5.41) is 0.976. The molecule has 0 saturated carbocycles. The molecule has 1 aromatic rings. The molecule has 0 aliphatic heterocycles. The summed E-state index contributed by atoms with van der Waals surface area (Å²) in [4.78, 5) is 9.44. The molecule has 0 N–H and O–H groups in total. The van der Waals surface area contributed by atoms with Crippen LogP contribution in [0.15, 0.2) is 18.2 Å². The van der Waals surface area contributed by atoms with E-state index in [1.54, 1.807) is 7.11 Å². The fraction of sp³-hybridized carbons (Fsp3) is 0.650. The van der Waals surface area contributed by atoms with Gasteiger partial charge in [0.1, 0.15) is 18.7 Å². The summed E-state index contributed by atoms with van der Waals surface area (Å²) >= 11 is 0. The molecule has 0 bridgehead atoms. The Labute approximate surface area is 150 Å². The highest BCUT2D eigenvalue weighted by Crippen LogP contribution is 2.46. The minimum Gasteiger partial charge on any atom is -0.496 e. The van der Waals surface area contributed by atoms with Crippen molar-refractivity contribution in [2.24, 2.45) is 0 Å². The molecule has 0 atom stereocenters. The first kappa shape index (κ1) is 27.8. The van der Waals surface area contributed by atoms with E-state index in [1.165, 1.54) is 13.8 Å². The Bertz CT molecular complexity index is 482. The molecule has 0 aliphatic rings. The smallest absolute Gasteiger partial charge is 0.126 e. The van der Waals surface area contributed by atoms with Gasteiger partial charge in [0.05, 0.1) is 7.11 Å². The number of ketones is 1. The molecule has 0 aliphatic carbocycles. The van der Waals surface area contributed by atoms with Gasteiger partial charge in [-0.3, -0.25) is 0 Å². The fourth-order valence-corrected chi connectivity index (χ4v) is 5.04. The molecule has 1 aromatic carbocycles. The number of methoxy groups -OCH3 is 1. The lowest BCUT2D eigenvalue weighted by Crippen LogP contribution is -2.11. The van der Waals surface area contributed by atoms with Gasteiger partial charge in [-0.25, -0.2) is 0 Å². The third-order valence-corrected chi connectivity index (χ3v) is 6.59. The van der Waals surface area contributed by atoms with Crippen LogP contribution in [0.5, 0.6) is 5.75 Å². The highest BCUT2D eigenvalue weighted by molar-refractivity contribution is 7.71. The van der Waals surface area contributed by atoms with Gasteiger partial charge in [-0.1, -0.05) is 47.3 Å². The number of benzene rings is 1. The predicted octanol–water partition coefficient (Wildman–Crippen LogP) is 6.07. The van der Waals surface area contributed by atoms with Gasteiger partial charge >= 0.3 is 0 Å². The van der Waals surface area contributed by atoms with Crippen LogP contribution in [-0.4, -0.2) is 25.2 Å². The Morgan fingerprint density at radius 3 is 1.83 bits per heavy atom. The van der Waals surface area contributed by atoms with Crippen LogP contribution in [-0.2, 0) is 9.36 Å². The van der Waals surface area contributed by atoms with Gasteiger partial charge in [0.2, 0.25) is 0 Å². The Kier molecular flexibility index (Phi) is 17.9. The minimum absolute atomic E-state index is 0. The van der Waals surface area contributed by atoms with Crippen molar-refractivity contribution in [3.05, 3.63) is 23.8 Å². The summed E-state index contributed by atoms with van der Waals surface area (Å²) in [7, 11) is -0.548. The topological polar surface area (TPSA) is 43.4 Å². The summed E-state index contributed by atoms with van der Waals surface area (Å²) in [5.41, 5.74) is 1.09. The van der Waals surface area contributed by atoms with E-state index in [0.717, 1.165) is 41.8 Å². The number of hydrogen-bond donors (Lipinski definition) is 0. The van der Waals surface area contributed by atoms with Gasteiger partial charge in [-0.15, -0.1) is 0 Å². The number of Topliss-reactive ketones (excluding diaryl/α,β-unsaturated/α-hetero) is 1. The highest BCUT2D eigenvalue weighted by Gasteiger charge is 2.23. The van der Waals surface area contributed by atoms with Crippen LogP contribution in [0.4, 0.5) is 0 Å². The Hall–Kier alpha value is -1.08. The van der Waals surface area contributed by atoms with E-state index < -0.39 is 7.14 Å². The first-order valence-corrected chi connectivity index (χ1v) is 10.6. The molecule has 0 heterocycles. The Morgan fingerprint density at radius 1 is 1.08 bits per heavy atom. The molecule has 1 rings (SSSR count). The molecular weight excluding hydrogens is 319 g/mol. The summed E-state index contributed by atoms with van der Waals surface area (Å²) < 4.78 is 18.3. The van der Waals surface area contributed by atoms with Crippen LogP contribution in [0.2, 0.25) is 0 Å². The molecule has 142 valence electrons. The second-order valence-electron chi connectivity index (χ2n) is 5.40. The number of aryl methyl sites for hydroxylation is 1. The molecule has 0 unspecified atom stereocenters. The Morgan fingerprint density at radius 2 is 1.50 bits per heavy atom. The van der Waals surface area contributed by atoms with Gasteiger partial charge < -0.3 is 14.1 Å². The maximum atomic E-state index is 12.9. The quantitative estimate of drug-likeness (QED) is 0.580. The average Bonchev–Trinajstić information content (AvgIpc) is 2.49. The van der Waals surface area contributed by atoms with E-state index >= 15 is 0 Å². The number of hydrogen-bond acceptors (Lipinski definition) is 3. The van der Waals surface area contributed by atoms with Crippen LogP contribution in [0.3, 0.4) is 0 Å². The zero-order valence-electron chi connectivity index (χ0n) is 16.2. The lowest BCUT2D eigenvalue weighted by Gasteiger charge is -2.18. The molecule has 0 spiro atoms. The van der Waals surface area contributed by atoms with Crippen molar-refractivity contribution in [1.82, 2.24) is 0 Å². The van der Waals surface area contributed by atoms with Crippen LogP contribution in [0.1, 0.15) is 67.4 Å². The normalized spacial score (nSPS) is 9.50. The van der Waals surface area contributed by atoms with Gasteiger partial charge in [-0.05, 0) is 45.2 Å². The van der Waals surface area contributed by atoms with E-state index in [-0.39, 0.29) is 13.2 Å². The molecule has 24 heavy (non-hydrogen) atoms.